The van der Waals surface area contributed by atoms with Crippen molar-refractivity contribution in [1.29, 1.82) is 0 Å². The molecular weight excluding hydrogens is 302 g/mol. The smallest absolute Gasteiger partial charge is 0.303 e. The van der Waals surface area contributed by atoms with E-state index in [1.165, 1.54) is 27.5 Å². The maximum absolute atomic E-state index is 12.0. The molecule has 2 aliphatic rings. The average molecular weight is 319 g/mol. The normalized spacial score (nSPS) is 14.4. The number of aliphatic carboxylic acids is 1. The number of carbonyl (C=O) groups is 2. The summed E-state index contributed by atoms with van der Waals surface area (Å²) in [5.74, 6) is -1.22. The van der Waals surface area contributed by atoms with E-state index in [2.05, 4.69) is 35.7 Å². The Morgan fingerprint density at radius 2 is 1.79 bits per heavy atom. The highest BCUT2D eigenvalue weighted by Gasteiger charge is 2.20. The Balaban J connectivity index is 1.73. The quantitative estimate of drug-likeness (QED) is 0.909. The number of carboxylic acid groups (broad SMARTS) is 1. The number of amides is 1. The summed E-state index contributed by atoms with van der Waals surface area (Å²) in [5, 5.41) is 14.1. The molecule has 0 bridgehead atoms. The molecule has 2 aromatic rings. The highest BCUT2D eigenvalue weighted by molar-refractivity contribution is 6.06. The Labute approximate surface area is 139 Å². The molecule has 2 aromatic carbocycles. The number of rotatable bonds is 4. The first-order valence-corrected chi connectivity index (χ1v) is 8.09. The first kappa shape index (κ1) is 14.7. The van der Waals surface area contributed by atoms with Crippen molar-refractivity contribution in [2.24, 2.45) is 0 Å². The van der Waals surface area contributed by atoms with Crippen LogP contribution in [-0.2, 0) is 22.4 Å². The van der Waals surface area contributed by atoms with Crippen molar-refractivity contribution in [3.05, 3.63) is 58.7 Å². The molecule has 0 heterocycles. The van der Waals surface area contributed by atoms with E-state index in [1.807, 2.05) is 12.1 Å². The van der Waals surface area contributed by atoms with Crippen LogP contribution in [0.1, 0.15) is 35.1 Å². The van der Waals surface area contributed by atoms with E-state index in [4.69, 9.17) is 5.11 Å². The van der Waals surface area contributed by atoms with E-state index in [0.29, 0.717) is 0 Å². The van der Waals surface area contributed by atoms with Crippen molar-refractivity contribution in [1.82, 2.24) is 5.32 Å². The van der Waals surface area contributed by atoms with Crippen LogP contribution in [0.25, 0.3) is 22.5 Å². The molecule has 0 atom stereocenters. The van der Waals surface area contributed by atoms with Crippen LogP contribution in [0.3, 0.4) is 0 Å². The molecule has 2 N–H and O–H groups in total. The topological polar surface area (TPSA) is 66.4 Å². The Bertz CT molecular complexity index is 938. The van der Waals surface area contributed by atoms with Gasteiger partial charge in [0.05, 0.1) is 6.42 Å². The second-order valence-corrected chi connectivity index (χ2v) is 6.21. The van der Waals surface area contributed by atoms with E-state index in [-0.39, 0.29) is 18.7 Å². The lowest BCUT2D eigenvalue weighted by molar-refractivity contribution is -0.138. The number of carbonyl (C=O) groups excluding carboxylic acids is 1. The van der Waals surface area contributed by atoms with Crippen molar-refractivity contribution < 1.29 is 14.7 Å². The molecule has 1 amide bonds. The van der Waals surface area contributed by atoms with E-state index in [1.54, 1.807) is 0 Å². The van der Waals surface area contributed by atoms with Gasteiger partial charge in [0, 0.05) is 17.7 Å². The van der Waals surface area contributed by atoms with Gasteiger partial charge in [0.1, 0.15) is 0 Å². The molecule has 4 nitrogen and oxygen atoms in total. The molecule has 0 saturated heterocycles. The molecule has 0 unspecified atom stereocenters. The molecule has 0 saturated carbocycles. The number of benzene rings is 2. The zero-order chi connectivity index (χ0) is 16.7. The van der Waals surface area contributed by atoms with Crippen molar-refractivity contribution >= 4 is 34.4 Å². The lowest BCUT2D eigenvalue weighted by Gasteiger charge is -2.23. The van der Waals surface area contributed by atoms with Crippen LogP contribution in [0.5, 0.6) is 0 Å². The molecule has 0 fully saturated rings. The predicted octanol–water partition coefficient (Wildman–Crippen LogP) is 3.29. The minimum absolute atomic E-state index is 0.0104. The lowest BCUT2D eigenvalue weighted by atomic mass is 9.84. The number of allylic oxidation sites excluding steroid dienone is 2. The van der Waals surface area contributed by atoms with E-state index in [0.717, 1.165) is 24.1 Å². The molecule has 24 heavy (non-hydrogen) atoms. The predicted molar refractivity (Wildman–Crippen MR) is 93.4 cm³/mol. The molecular formula is C20H17NO3. The van der Waals surface area contributed by atoms with Crippen LogP contribution in [-0.4, -0.2) is 17.0 Å². The molecule has 0 aliphatic heterocycles. The summed E-state index contributed by atoms with van der Waals surface area (Å²) in [6.45, 7) is 0. The second kappa shape index (κ2) is 5.64. The summed E-state index contributed by atoms with van der Waals surface area (Å²) in [6.07, 6.45) is 7.87. The molecule has 0 aromatic heterocycles. The fraction of sp³-hybridized carbons (Fsp3) is 0.200. The van der Waals surface area contributed by atoms with Gasteiger partial charge in [-0.25, -0.2) is 0 Å². The van der Waals surface area contributed by atoms with Crippen molar-refractivity contribution in [2.75, 3.05) is 0 Å². The van der Waals surface area contributed by atoms with Crippen LogP contribution in [0.2, 0.25) is 0 Å². The van der Waals surface area contributed by atoms with E-state index >= 15 is 0 Å². The van der Waals surface area contributed by atoms with Gasteiger partial charge >= 0.3 is 5.97 Å². The SMILES string of the molecule is O=C(O)CCC(=O)NC1=CCc2ccc3c4c(ccc1c24)C=CC3. The van der Waals surface area contributed by atoms with Gasteiger partial charge in [0.25, 0.3) is 0 Å². The lowest BCUT2D eigenvalue weighted by Crippen LogP contribution is -2.24. The zero-order valence-electron chi connectivity index (χ0n) is 13.1. The van der Waals surface area contributed by atoms with Gasteiger partial charge < -0.3 is 10.4 Å². The molecule has 0 radical (unpaired) electrons. The van der Waals surface area contributed by atoms with E-state index in [9.17, 15) is 9.59 Å². The Kier molecular flexibility index (Phi) is 3.45. The van der Waals surface area contributed by atoms with Gasteiger partial charge in [0.15, 0.2) is 0 Å². The van der Waals surface area contributed by atoms with Crippen molar-refractivity contribution in [2.45, 2.75) is 25.7 Å². The second-order valence-electron chi connectivity index (χ2n) is 6.21. The number of hydrogen-bond acceptors (Lipinski definition) is 2. The van der Waals surface area contributed by atoms with Crippen molar-refractivity contribution in [3.8, 4) is 0 Å². The van der Waals surface area contributed by atoms with E-state index < -0.39 is 5.97 Å². The Morgan fingerprint density at radius 3 is 2.58 bits per heavy atom. The van der Waals surface area contributed by atoms with Gasteiger partial charge in [-0.15, -0.1) is 0 Å². The van der Waals surface area contributed by atoms with Crippen LogP contribution >= 0.6 is 0 Å². The summed E-state index contributed by atoms with van der Waals surface area (Å²) >= 11 is 0. The average Bonchev–Trinajstić information content (AvgIpc) is 2.59. The molecule has 2 aliphatic carbocycles. The minimum atomic E-state index is -0.960. The largest absolute Gasteiger partial charge is 0.481 e. The van der Waals surface area contributed by atoms with Gasteiger partial charge in [-0.05, 0) is 40.3 Å². The molecule has 4 rings (SSSR count). The summed E-state index contributed by atoms with van der Waals surface area (Å²) in [4.78, 5) is 22.6. The molecule has 4 heteroatoms. The van der Waals surface area contributed by atoms with Gasteiger partial charge in [-0.1, -0.05) is 42.5 Å². The first-order valence-electron chi connectivity index (χ1n) is 8.09. The maximum Gasteiger partial charge on any atom is 0.303 e. The standard InChI is InChI=1S/C20H17NO3/c22-17(10-11-18(23)24)21-16-9-7-14-5-4-12-2-1-3-13-6-8-15(16)20(14)19(12)13/h1,3-6,8-9H,2,7,10-11H2,(H,21,22)(H,23,24). The summed E-state index contributed by atoms with van der Waals surface area (Å²) in [7, 11) is 0. The van der Waals surface area contributed by atoms with Crippen LogP contribution in [0.4, 0.5) is 0 Å². The number of hydrogen-bond donors (Lipinski definition) is 2. The van der Waals surface area contributed by atoms with Crippen LogP contribution in [0, 0.1) is 0 Å². The number of carboxylic acids is 1. The van der Waals surface area contributed by atoms with Gasteiger partial charge in [-0.3, -0.25) is 9.59 Å². The maximum atomic E-state index is 12.0. The van der Waals surface area contributed by atoms with Gasteiger partial charge in [0.2, 0.25) is 5.91 Å². The summed E-state index contributed by atoms with van der Waals surface area (Å²) in [5.41, 5.74) is 5.61. The number of nitrogens with one attached hydrogen (secondary N) is 1. The third-order valence-electron chi connectivity index (χ3n) is 4.66. The van der Waals surface area contributed by atoms with Crippen molar-refractivity contribution in [3.63, 3.8) is 0 Å². The zero-order valence-corrected chi connectivity index (χ0v) is 13.1. The first-order chi connectivity index (χ1) is 11.6. The van der Waals surface area contributed by atoms with Crippen LogP contribution < -0.4 is 5.32 Å². The highest BCUT2D eigenvalue weighted by atomic mass is 16.4. The monoisotopic (exact) mass is 319 g/mol. The third kappa shape index (κ3) is 2.40. The Hall–Kier alpha value is -2.88. The Morgan fingerprint density at radius 1 is 1.00 bits per heavy atom. The third-order valence-corrected chi connectivity index (χ3v) is 4.66. The fourth-order valence-corrected chi connectivity index (χ4v) is 3.56. The van der Waals surface area contributed by atoms with Crippen LogP contribution in [0.15, 0.2) is 36.4 Å². The fourth-order valence-electron chi connectivity index (χ4n) is 3.56. The summed E-state index contributed by atoms with van der Waals surface area (Å²) < 4.78 is 0. The highest BCUT2D eigenvalue weighted by Crippen LogP contribution is 2.38. The van der Waals surface area contributed by atoms with Gasteiger partial charge in [-0.2, -0.15) is 0 Å². The molecule has 120 valence electrons. The summed E-state index contributed by atoms with van der Waals surface area (Å²) in [6, 6.07) is 8.49. The minimum Gasteiger partial charge on any atom is -0.481 e. The molecule has 0 spiro atoms.